The third-order valence-corrected chi connectivity index (χ3v) is 4.22. The fraction of sp³-hybridized carbons (Fsp3) is 0.571. The molecule has 0 heterocycles. The van der Waals surface area contributed by atoms with Crippen LogP contribution >= 0.6 is 0 Å². The van der Waals surface area contributed by atoms with Crippen LogP contribution in [0.1, 0.15) is 49.1 Å². The molecule has 15 heavy (non-hydrogen) atoms. The molecule has 0 aliphatic heterocycles. The lowest BCUT2D eigenvalue weighted by Gasteiger charge is -2.37. The van der Waals surface area contributed by atoms with E-state index >= 15 is 0 Å². The summed E-state index contributed by atoms with van der Waals surface area (Å²) in [6, 6.07) is 5.97. The Kier molecular flexibility index (Phi) is 2.19. The Morgan fingerprint density at radius 2 is 1.93 bits per heavy atom. The van der Waals surface area contributed by atoms with Gasteiger partial charge in [-0.15, -0.1) is 0 Å². The van der Waals surface area contributed by atoms with Gasteiger partial charge in [0, 0.05) is 0 Å². The highest BCUT2D eigenvalue weighted by atomic mass is 16.3. The Labute approximate surface area is 91.1 Å². The van der Waals surface area contributed by atoms with Gasteiger partial charge in [-0.1, -0.05) is 18.9 Å². The van der Waals surface area contributed by atoms with Crippen LogP contribution < -0.4 is 0 Å². The summed E-state index contributed by atoms with van der Waals surface area (Å²) in [5, 5.41) is 9.58. The van der Waals surface area contributed by atoms with Gasteiger partial charge in [0.1, 0.15) is 5.75 Å². The topological polar surface area (TPSA) is 20.2 Å². The van der Waals surface area contributed by atoms with Crippen molar-refractivity contribution in [3.63, 3.8) is 0 Å². The lowest BCUT2D eigenvalue weighted by Crippen LogP contribution is -2.23. The summed E-state index contributed by atoms with van der Waals surface area (Å²) in [5.41, 5.74) is 2.93. The van der Waals surface area contributed by atoms with E-state index in [2.05, 4.69) is 6.07 Å². The van der Waals surface area contributed by atoms with E-state index < -0.39 is 0 Å². The van der Waals surface area contributed by atoms with Crippen LogP contribution in [0.3, 0.4) is 0 Å². The normalized spacial score (nSPS) is 29.3. The predicted octanol–water partition coefficient (Wildman–Crippen LogP) is 3.61. The fourth-order valence-corrected chi connectivity index (χ4v) is 3.46. The van der Waals surface area contributed by atoms with Gasteiger partial charge >= 0.3 is 0 Å². The number of aryl methyl sites for hydroxylation is 1. The molecule has 0 aromatic heterocycles. The van der Waals surface area contributed by atoms with Gasteiger partial charge in [-0.3, -0.25) is 0 Å². The average Bonchev–Trinajstić information content (AvgIpc) is 2.29. The third kappa shape index (κ3) is 1.54. The van der Waals surface area contributed by atoms with Crippen molar-refractivity contribution in [1.29, 1.82) is 0 Å². The molecule has 2 aliphatic rings. The molecular weight excluding hydrogens is 184 g/mol. The highest BCUT2D eigenvalue weighted by Gasteiger charge is 2.31. The van der Waals surface area contributed by atoms with Gasteiger partial charge in [0.2, 0.25) is 0 Å². The summed E-state index contributed by atoms with van der Waals surface area (Å²) in [5.74, 6) is 2.09. The highest BCUT2D eigenvalue weighted by molar-refractivity contribution is 5.39. The van der Waals surface area contributed by atoms with E-state index in [9.17, 15) is 5.11 Å². The molecule has 1 aromatic rings. The monoisotopic (exact) mass is 202 g/mol. The van der Waals surface area contributed by atoms with Gasteiger partial charge in [-0.05, 0) is 60.8 Å². The fourth-order valence-electron chi connectivity index (χ4n) is 3.46. The number of rotatable bonds is 0. The van der Waals surface area contributed by atoms with Gasteiger partial charge < -0.3 is 5.11 Å². The van der Waals surface area contributed by atoms with E-state index in [0.29, 0.717) is 5.75 Å². The standard InChI is InChI=1S/C14H18O/c15-12-8-7-11-6-5-10-3-1-2-4-13(10)14(11)9-12/h7-10,13,15H,1-6H2. The molecule has 1 aromatic carbocycles. The van der Waals surface area contributed by atoms with Crippen LogP contribution in [-0.4, -0.2) is 5.11 Å². The minimum atomic E-state index is 0.444. The first-order chi connectivity index (χ1) is 7.34. The van der Waals surface area contributed by atoms with E-state index in [-0.39, 0.29) is 0 Å². The number of phenols is 1. The second-order valence-electron chi connectivity index (χ2n) is 5.07. The Balaban J connectivity index is 2.01. The molecule has 0 radical (unpaired) electrons. The van der Waals surface area contributed by atoms with Crippen molar-refractivity contribution in [2.45, 2.75) is 44.4 Å². The minimum Gasteiger partial charge on any atom is -0.508 e. The van der Waals surface area contributed by atoms with Crippen molar-refractivity contribution in [1.82, 2.24) is 0 Å². The van der Waals surface area contributed by atoms with Crippen LogP contribution in [0.5, 0.6) is 5.75 Å². The van der Waals surface area contributed by atoms with Crippen molar-refractivity contribution in [3.05, 3.63) is 29.3 Å². The number of hydrogen-bond acceptors (Lipinski definition) is 1. The largest absolute Gasteiger partial charge is 0.508 e. The molecule has 80 valence electrons. The number of aromatic hydroxyl groups is 1. The molecule has 1 nitrogen and oxygen atoms in total. The SMILES string of the molecule is Oc1ccc2c(c1)C1CCCCC1CC2. The van der Waals surface area contributed by atoms with Gasteiger partial charge in [-0.25, -0.2) is 0 Å². The summed E-state index contributed by atoms with van der Waals surface area (Å²) in [7, 11) is 0. The first kappa shape index (κ1) is 9.26. The highest BCUT2D eigenvalue weighted by Crippen LogP contribution is 2.45. The average molecular weight is 202 g/mol. The smallest absolute Gasteiger partial charge is 0.115 e. The van der Waals surface area contributed by atoms with Gasteiger partial charge in [0.05, 0.1) is 0 Å². The van der Waals surface area contributed by atoms with Crippen LogP contribution in [0.15, 0.2) is 18.2 Å². The number of hydrogen-bond donors (Lipinski definition) is 1. The molecule has 3 rings (SSSR count). The molecule has 1 fully saturated rings. The summed E-state index contributed by atoms with van der Waals surface area (Å²) >= 11 is 0. The second-order valence-corrected chi connectivity index (χ2v) is 5.07. The maximum absolute atomic E-state index is 9.58. The zero-order valence-electron chi connectivity index (χ0n) is 9.08. The maximum atomic E-state index is 9.58. The van der Waals surface area contributed by atoms with Gasteiger partial charge in [-0.2, -0.15) is 0 Å². The van der Waals surface area contributed by atoms with E-state index in [0.717, 1.165) is 11.8 Å². The lowest BCUT2D eigenvalue weighted by molar-refractivity contribution is 0.275. The zero-order chi connectivity index (χ0) is 10.3. The van der Waals surface area contributed by atoms with Crippen molar-refractivity contribution in [2.75, 3.05) is 0 Å². The number of benzene rings is 1. The molecule has 2 unspecified atom stereocenters. The summed E-state index contributed by atoms with van der Waals surface area (Å²) in [6.07, 6.45) is 8.10. The van der Waals surface area contributed by atoms with E-state index in [1.165, 1.54) is 49.7 Å². The van der Waals surface area contributed by atoms with Crippen molar-refractivity contribution >= 4 is 0 Å². The summed E-state index contributed by atoms with van der Waals surface area (Å²) in [4.78, 5) is 0. The first-order valence-electron chi connectivity index (χ1n) is 6.16. The molecule has 1 saturated carbocycles. The van der Waals surface area contributed by atoms with E-state index in [1.54, 1.807) is 0 Å². The molecule has 0 saturated heterocycles. The minimum absolute atomic E-state index is 0.444. The van der Waals surface area contributed by atoms with Crippen molar-refractivity contribution < 1.29 is 5.11 Å². The molecule has 2 atom stereocenters. The van der Waals surface area contributed by atoms with Crippen molar-refractivity contribution in [2.24, 2.45) is 5.92 Å². The first-order valence-corrected chi connectivity index (χ1v) is 6.16. The van der Waals surface area contributed by atoms with Crippen LogP contribution in [0.4, 0.5) is 0 Å². The van der Waals surface area contributed by atoms with Gasteiger partial charge in [0.15, 0.2) is 0 Å². The predicted molar refractivity (Wildman–Crippen MR) is 61.1 cm³/mol. The van der Waals surface area contributed by atoms with Crippen LogP contribution in [0, 0.1) is 5.92 Å². The molecule has 1 heteroatoms. The number of phenolic OH excluding ortho intramolecular Hbond substituents is 1. The molecule has 0 amide bonds. The third-order valence-electron chi connectivity index (χ3n) is 4.22. The van der Waals surface area contributed by atoms with Gasteiger partial charge in [0.25, 0.3) is 0 Å². The lowest BCUT2D eigenvalue weighted by atomic mass is 9.68. The Morgan fingerprint density at radius 1 is 1.07 bits per heavy atom. The molecule has 0 spiro atoms. The summed E-state index contributed by atoms with van der Waals surface area (Å²) in [6.45, 7) is 0. The molecule has 2 aliphatic carbocycles. The van der Waals surface area contributed by atoms with E-state index in [1.807, 2.05) is 12.1 Å². The quantitative estimate of drug-likeness (QED) is 0.681. The Bertz CT molecular complexity index is 370. The number of fused-ring (bicyclic) bond motifs is 3. The second kappa shape index (κ2) is 3.55. The van der Waals surface area contributed by atoms with Crippen LogP contribution in [0.2, 0.25) is 0 Å². The zero-order valence-corrected chi connectivity index (χ0v) is 9.08. The van der Waals surface area contributed by atoms with Crippen molar-refractivity contribution in [3.8, 4) is 5.75 Å². The molecule has 0 bridgehead atoms. The van der Waals surface area contributed by atoms with E-state index in [4.69, 9.17) is 0 Å². The Morgan fingerprint density at radius 3 is 2.87 bits per heavy atom. The Hall–Kier alpha value is -0.980. The molecule has 1 N–H and O–H groups in total. The maximum Gasteiger partial charge on any atom is 0.115 e. The van der Waals surface area contributed by atoms with Crippen LogP contribution in [-0.2, 0) is 6.42 Å². The van der Waals surface area contributed by atoms with Crippen LogP contribution in [0.25, 0.3) is 0 Å². The molecular formula is C14H18O. The summed E-state index contributed by atoms with van der Waals surface area (Å²) < 4.78 is 0.